The lowest BCUT2D eigenvalue weighted by Crippen LogP contribution is -2.29. The first-order valence-corrected chi connectivity index (χ1v) is 10.3. The number of rotatable bonds is 4. The van der Waals surface area contributed by atoms with E-state index in [1.54, 1.807) is 6.20 Å². The highest BCUT2D eigenvalue weighted by Crippen LogP contribution is 2.32. The highest BCUT2D eigenvalue weighted by molar-refractivity contribution is 6.31. The molecule has 0 atom stereocenters. The normalized spacial score (nSPS) is 14.2. The predicted octanol–water partition coefficient (Wildman–Crippen LogP) is 5.28. The summed E-state index contributed by atoms with van der Waals surface area (Å²) in [5.41, 5.74) is 5.31. The molecule has 0 aliphatic carbocycles. The van der Waals surface area contributed by atoms with Gasteiger partial charge >= 0.3 is 0 Å². The van der Waals surface area contributed by atoms with Crippen molar-refractivity contribution in [3.63, 3.8) is 0 Å². The zero-order valence-corrected chi connectivity index (χ0v) is 18.7. The quantitative estimate of drug-likeness (QED) is 0.574. The Kier molecular flexibility index (Phi) is 7.19. The van der Waals surface area contributed by atoms with Crippen molar-refractivity contribution in [2.45, 2.75) is 32.6 Å². The minimum Gasteiger partial charge on any atom is -0.322 e. The van der Waals surface area contributed by atoms with E-state index in [1.165, 1.54) is 0 Å². The second kappa shape index (κ2) is 9.65. The zero-order valence-electron chi connectivity index (χ0n) is 17.1. The standard InChI is InChI=1S/C23H25ClN4O.ClH/c1-15-6-3-4-8-20(15)27-23(29)18-14-26-28(21-9-5-7-19(24)16(21)2)22(18)17-10-12-25-13-11-17;/h3-9,14,17,25H,10-13H2,1-2H3,(H,27,29);1H. The molecule has 2 aromatic carbocycles. The Hall–Kier alpha value is -2.34. The lowest BCUT2D eigenvalue weighted by atomic mass is 9.91. The average molecular weight is 445 g/mol. The summed E-state index contributed by atoms with van der Waals surface area (Å²) in [6.07, 6.45) is 3.62. The zero-order chi connectivity index (χ0) is 20.4. The Morgan fingerprint density at radius 3 is 2.60 bits per heavy atom. The number of benzene rings is 2. The number of anilines is 1. The van der Waals surface area contributed by atoms with Crippen LogP contribution in [-0.2, 0) is 0 Å². The van der Waals surface area contributed by atoms with E-state index in [-0.39, 0.29) is 24.2 Å². The molecule has 5 nitrogen and oxygen atoms in total. The fourth-order valence-corrected chi connectivity index (χ4v) is 4.11. The SMILES string of the molecule is Cc1ccccc1NC(=O)c1cnn(-c2cccc(Cl)c2C)c1C1CCNCC1.Cl. The van der Waals surface area contributed by atoms with Crippen molar-refractivity contribution < 1.29 is 4.79 Å². The first-order valence-electron chi connectivity index (χ1n) is 9.97. The Morgan fingerprint density at radius 2 is 1.87 bits per heavy atom. The molecule has 1 fully saturated rings. The van der Waals surface area contributed by atoms with Crippen LogP contribution in [0, 0.1) is 13.8 Å². The molecule has 1 amide bonds. The summed E-state index contributed by atoms with van der Waals surface area (Å²) >= 11 is 6.37. The number of hydrogen-bond acceptors (Lipinski definition) is 3. The molecule has 2 N–H and O–H groups in total. The molecule has 3 aromatic rings. The second-order valence-electron chi connectivity index (χ2n) is 7.53. The molecule has 1 aromatic heterocycles. The van der Waals surface area contributed by atoms with Crippen LogP contribution in [0.15, 0.2) is 48.7 Å². The van der Waals surface area contributed by atoms with Gasteiger partial charge in [-0.3, -0.25) is 4.79 Å². The van der Waals surface area contributed by atoms with Gasteiger partial charge in [-0.25, -0.2) is 4.68 Å². The van der Waals surface area contributed by atoms with Gasteiger partial charge in [-0.15, -0.1) is 12.4 Å². The highest BCUT2D eigenvalue weighted by atomic mass is 35.5. The van der Waals surface area contributed by atoms with Crippen molar-refractivity contribution in [1.29, 1.82) is 0 Å². The molecule has 1 saturated heterocycles. The topological polar surface area (TPSA) is 59.0 Å². The number of carbonyl (C=O) groups excluding carboxylic acids is 1. The van der Waals surface area contributed by atoms with Gasteiger partial charge in [0, 0.05) is 16.6 Å². The number of nitrogens with zero attached hydrogens (tertiary/aromatic N) is 2. The number of halogens is 2. The van der Waals surface area contributed by atoms with Gasteiger partial charge in [-0.05, 0) is 69.1 Å². The third kappa shape index (κ3) is 4.38. The van der Waals surface area contributed by atoms with Crippen LogP contribution in [0.4, 0.5) is 5.69 Å². The van der Waals surface area contributed by atoms with Gasteiger partial charge in [0.25, 0.3) is 5.91 Å². The number of carbonyl (C=O) groups is 1. The third-order valence-electron chi connectivity index (χ3n) is 5.64. The summed E-state index contributed by atoms with van der Waals surface area (Å²) in [7, 11) is 0. The molecule has 0 radical (unpaired) electrons. The molecule has 2 heterocycles. The molecular formula is C23H26Cl2N4O. The van der Waals surface area contributed by atoms with Crippen LogP contribution in [0.5, 0.6) is 0 Å². The van der Waals surface area contributed by atoms with Crippen LogP contribution in [-0.4, -0.2) is 28.8 Å². The van der Waals surface area contributed by atoms with Gasteiger partial charge in [0.05, 0.1) is 23.1 Å². The molecule has 0 unspecified atom stereocenters. The van der Waals surface area contributed by atoms with Crippen LogP contribution >= 0.6 is 24.0 Å². The highest BCUT2D eigenvalue weighted by Gasteiger charge is 2.27. The Bertz CT molecular complexity index is 1040. The van der Waals surface area contributed by atoms with E-state index >= 15 is 0 Å². The molecule has 158 valence electrons. The van der Waals surface area contributed by atoms with Crippen LogP contribution in [0.2, 0.25) is 5.02 Å². The molecule has 1 aliphatic heterocycles. The summed E-state index contributed by atoms with van der Waals surface area (Å²) in [5, 5.41) is 11.8. The fourth-order valence-electron chi connectivity index (χ4n) is 3.94. The van der Waals surface area contributed by atoms with Gasteiger partial charge in [-0.2, -0.15) is 5.10 Å². The first kappa shape index (κ1) is 22.3. The maximum absolute atomic E-state index is 13.2. The minimum atomic E-state index is -0.126. The number of para-hydroxylation sites is 1. The number of amides is 1. The third-order valence-corrected chi connectivity index (χ3v) is 6.05. The smallest absolute Gasteiger partial charge is 0.259 e. The summed E-state index contributed by atoms with van der Waals surface area (Å²) in [5.74, 6) is 0.133. The number of piperidine rings is 1. The lowest BCUT2D eigenvalue weighted by Gasteiger charge is -2.25. The first-order chi connectivity index (χ1) is 14.1. The van der Waals surface area contributed by atoms with E-state index in [0.29, 0.717) is 10.6 Å². The van der Waals surface area contributed by atoms with E-state index in [9.17, 15) is 4.79 Å². The monoisotopic (exact) mass is 444 g/mol. The molecule has 0 bridgehead atoms. The number of aromatic nitrogens is 2. The van der Waals surface area contributed by atoms with E-state index < -0.39 is 0 Å². The minimum absolute atomic E-state index is 0. The molecule has 4 rings (SSSR count). The Labute approximate surface area is 188 Å². The van der Waals surface area contributed by atoms with Crippen LogP contribution in [0.3, 0.4) is 0 Å². The number of hydrogen-bond donors (Lipinski definition) is 2. The summed E-state index contributed by atoms with van der Waals surface area (Å²) in [6.45, 7) is 5.84. The molecule has 30 heavy (non-hydrogen) atoms. The van der Waals surface area contributed by atoms with Crippen LogP contribution < -0.4 is 10.6 Å². The van der Waals surface area contributed by atoms with Gasteiger partial charge < -0.3 is 10.6 Å². The van der Waals surface area contributed by atoms with E-state index in [1.807, 2.05) is 61.0 Å². The van der Waals surface area contributed by atoms with Crippen molar-refractivity contribution in [2.75, 3.05) is 18.4 Å². The van der Waals surface area contributed by atoms with Crippen molar-refractivity contribution in [3.05, 3.63) is 76.1 Å². The number of nitrogens with one attached hydrogen (secondary N) is 2. The molecule has 0 spiro atoms. The molecular weight excluding hydrogens is 419 g/mol. The molecule has 1 aliphatic rings. The molecule has 0 saturated carbocycles. The van der Waals surface area contributed by atoms with Gasteiger partial charge in [0.2, 0.25) is 0 Å². The van der Waals surface area contributed by atoms with E-state index in [2.05, 4.69) is 15.7 Å². The molecule has 7 heteroatoms. The largest absolute Gasteiger partial charge is 0.322 e. The maximum atomic E-state index is 13.2. The van der Waals surface area contributed by atoms with E-state index in [0.717, 1.165) is 54.1 Å². The summed E-state index contributed by atoms with van der Waals surface area (Å²) < 4.78 is 1.91. The van der Waals surface area contributed by atoms with Gasteiger partial charge in [0.1, 0.15) is 0 Å². The summed E-state index contributed by atoms with van der Waals surface area (Å²) in [4.78, 5) is 13.2. The van der Waals surface area contributed by atoms with Crippen molar-refractivity contribution in [2.24, 2.45) is 0 Å². The summed E-state index contributed by atoms with van der Waals surface area (Å²) in [6, 6.07) is 13.6. The van der Waals surface area contributed by atoms with Crippen molar-refractivity contribution >= 4 is 35.6 Å². The predicted molar refractivity (Wildman–Crippen MR) is 125 cm³/mol. The second-order valence-corrected chi connectivity index (χ2v) is 7.94. The van der Waals surface area contributed by atoms with Crippen LogP contribution in [0.25, 0.3) is 5.69 Å². The lowest BCUT2D eigenvalue weighted by molar-refractivity contribution is 0.102. The number of aryl methyl sites for hydroxylation is 1. The van der Waals surface area contributed by atoms with Crippen molar-refractivity contribution in [3.8, 4) is 5.69 Å². The van der Waals surface area contributed by atoms with E-state index in [4.69, 9.17) is 11.6 Å². The van der Waals surface area contributed by atoms with Crippen molar-refractivity contribution in [1.82, 2.24) is 15.1 Å². The fraction of sp³-hybridized carbons (Fsp3) is 0.304. The Morgan fingerprint density at radius 1 is 1.13 bits per heavy atom. The van der Waals surface area contributed by atoms with Gasteiger partial charge in [-0.1, -0.05) is 35.9 Å². The average Bonchev–Trinajstić information content (AvgIpc) is 3.17. The van der Waals surface area contributed by atoms with Crippen LogP contribution in [0.1, 0.15) is 45.9 Å². The van der Waals surface area contributed by atoms with Gasteiger partial charge in [0.15, 0.2) is 0 Å². The maximum Gasteiger partial charge on any atom is 0.259 e. The Balaban J connectivity index is 0.00000256.